The van der Waals surface area contributed by atoms with E-state index in [9.17, 15) is 9.90 Å². The minimum atomic E-state index is -0.296. The Hall–Kier alpha value is -0.910. The third-order valence-electron chi connectivity index (χ3n) is 3.16. The molecule has 0 aromatic carbocycles. The van der Waals surface area contributed by atoms with Crippen molar-refractivity contribution < 1.29 is 9.90 Å². The monoisotopic (exact) mass is 255 g/mol. The molecule has 104 valence electrons. The molecule has 1 aliphatic rings. The third-order valence-corrected chi connectivity index (χ3v) is 3.16. The van der Waals surface area contributed by atoms with E-state index < -0.39 is 0 Å². The summed E-state index contributed by atoms with van der Waals surface area (Å²) in [7, 11) is 0. The molecule has 2 atom stereocenters. The van der Waals surface area contributed by atoms with Crippen molar-refractivity contribution in [1.29, 1.82) is 0 Å². The summed E-state index contributed by atoms with van der Waals surface area (Å²) in [4.78, 5) is 16.0. The topological polar surface area (TPSA) is 55.8 Å². The number of carbonyl (C=O) groups excluding carboxylic acids is 1. The van der Waals surface area contributed by atoms with Crippen LogP contribution in [-0.4, -0.2) is 72.2 Å². The fraction of sp³-hybridized carbons (Fsp3) is 0.769. The molecule has 0 spiro atoms. The lowest BCUT2D eigenvalue weighted by Crippen LogP contribution is -2.55. The van der Waals surface area contributed by atoms with Crippen LogP contribution in [0.5, 0.6) is 0 Å². The van der Waals surface area contributed by atoms with E-state index >= 15 is 0 Å². The molecule has 5 nitrogen and oxygen atoms in total. The molecule has 1 amide bonds. The van der Waals surface area contributed by atoms with Crippen molar-refractivity contribution in [3.8, 4) is 0 Å². The number of nitrogens with one attached hydrogen (secondary N) is 1. The van der Waals surface area contributed by atoms with Gasteiger partial charge in [0.25, 0.3) is 0 Å². The molecule has 1 saturated heterocycles. The van der Waals surface area contributed by atoms with Gasteiger partial charge in [-0.15, -0.1) is 6.58 Å². The third kappa shape index (κ3) is 5.16. The Morgan fingerprint density at radius 2 is 2.33 bits per heavy atom. The van der Waals surface area contributed by atoms with E-state index in [-0.39, 0.29) is 12.0 Å². The number of piperazine rings is 1. The Balaban J connectivity index is 2.31. The summed E-state index contributed by atoms with van der Waals surface area (Å²) in [6.45, 7) is 11.8. The first-order chi connectivity index (χ1) is 8.52. The van der Waals surface area contributed by atoms with Gasteiger partial charge >= 0.3 is 0 Å². The SMILES string of the molecule is C=CCNC(=O)CN1CCN(C[C@H](C)O)[C@H](C)C1. The van der Waals surface area contributed by atoms with Crippen LogP contribution in [0.3, 0.4) is 0 Å². The number of amides is 1. The normalized spacial score (nSPS) is 23.6. The summed E-state index contributed by atoms with van der Waals surface area (Å²) in [6.07, 6.45) is 1.39. The van der Waals surface area contributed by atoms with Crippen molar-refractivity contribution in [2.75, 3.05) is 39.3 Å². The zero-order chi connectivity index (χ0) is 13.5. The number of β-amino-alcohol motifs (C(OH)–C–C–N with tert-alkyl or cyclic N) is 1. The van der Waals surface area contributed by atoms with Crippen LogP contribution in [0, 0.1) is 0 Å². The van der Waals surface area contributed by atoms with Gasteiger partial charge in [0.2, 0.25) is 5.91 Å². The predicted octanol–water partition coefficient (Wildman–Crippen LogP) is -0.324. The molecular formula is C13H25N3O2. The van der Waals surface area contributed by atoms with Crippen LogP contribution >= 0.6 is 0 Å². The Bertz CT molecular complexity index is 281. The van der Waals surface area contributed by atoms with E-state index in [1.807, 2.05) is 6.92 Å². The highest BCUT2D eigenvalue weighted by molar-refractivity contribution is 5.78. The van der Waals surface area contributed by atoms with E-state index in [1.54, 1.807) is 6.08 Å². The number of hydrogen-bond donors (Lipinski definition) is 2. The van der Waals surface area contributed by atoms with Gasteiger partial charge in [-0.3, -0.25) is 14.6 Å². The van der Waals surface area contributed by atoms with Gasteiger partial charge in [0.15, 0.2) is 0 Å². The van der Waals surface area contributed by atoms with Crippen molar-refractivity contribution in [2.45, 2.75) is 26.0 Å². The molecule has 0 bridgehead atoms. The Morgan fingerprint density at radius 3 is 2.89 bits per heavy atom. The van der Waals surface area contributed by atoms with Crippen molar-refractivity contribution in [2.24, 2.45) is 0 Å². The van der Waals surface area contributed by atoms with E-state index in [0.717, 1.165) is 19.6 Å². The second-order valence-electron chi connectivity index (χ2n) is 5.02. The minimum absolute atomic E-state index is 0.0473. The molecule has 1 heterocycles. The van der Waals surface area contributed by atoms with Gasteiger partial charge in [0, 0.05) is 38.8 Å². The molecule has 18 heavy (non-hydrogen) atoms. The summed E-state index contributed by atoms with van der Waals surface area (Å²) < 4.78 is 0. The zero-order valence-corrected chi connectivity index (χ0v) is 11.4. The maximum absolute atomic E-state index is 11.6. The average Bonchev–Trinajstić information content (AvgIpc) is 2.29. The Morgan fingerprint density at radius 1 is 1.61 bits per heavy atom. The summed E-state index contributed by atoms with van der Waals surface area (Å²) in [5.41, 5.74) is 0. The highest BCUT2D eigenvalue weighted by Crippen LogP contribution is 2.09. The standard InChI is InChI=1S/C13H25N3O2/c1-4-5-14-13(18)10-15-6-7-16(9-12(3)17)11(2)8-15/h4,11-12,17H,1,5-10H2,2-3H3,(H,14,18)/t11-,12+/m1/s1. The maximum Gasteiger partial charge on any atom is 0.234 e. The number of rotatable bonds is 6. The van der Waals surface area contributed by atoms with Gasteiger partial charge in [-0.05, 0) is 13.8 Å². The molecule has 1 fully saturated rings. The smallest absolute Gasteiger partial charge is 0.234 e. The van der Waals surface area contributed by atoms with E-state index in [2.05, 4.69) is 28.6 Å². The van der Waals surface area contributed by atoms with Crippen LogP contribution in [0.2, 0.25) is 0 Å². The van der Waals surface area contributed by atoms with Crippen molar-refractivity contribution in [3.05, 3.63) is 12.7 Å². The maximum atomic E-state index is 11.6. The van der Waals surface area contributed by atoms with Gasteiger partial charge in [0.1, 0.15) is 0 Å². The zero-order valence-electron chi connectivity index (χ0n) is 11.4. The quantitative estimate of drug-likeness (QED) is 0.639. The number of aliphatic hydroxyl groups is 1. The fourth-order valence-corrected chi connectivity index (χ4v) is 2.27. The number of nitrogens with zero attached hydrogens (tertiary/aromatic N) is 2. The Kier molecular flexibility index (Phi) is 6.32. The number of carbonyl (C=O) groups is 1. The lowest BCUT2D eigenvalue weighted by atomic mass is 10.1. The van der Waals surface area contributed by atoms with E-state index in [4.69, 9.17) is 0 Å². The van der Waals surface area contributed by atoms with Gasteiger partial charge < -0.3 is 10.4 Å². The van der Waals surface area contributed by atoms with Gasteiger partial charge in [-0.2, -0.15) is 0 Å². The van der Waals surface area contributed by atoms with Crippen LogP contribution in [-0.2, 0) is 4.79 Å². The summed E-state index contributed by atoms with van der Waals surface area (Å²) in [5, 5.41) is 12.2. The Labute approximate surface area is 109 Å². The first-order valence-electron chi connectivity index (χ1n) is 6.55. The van der Waals surface area contributed by atoms with Crippen molar-refractivity contribution in [1.82, 2.24) is 15.1 Å². The molecule has 1 aliphatic heterocycles. The van der Waals surface area contributed by atoms with Gasteiger partial charge in [0.05, 0.1) is 12.6 Å². The van der Waals surface area contributed by atoms with Crippen LogP contribution in [0.1, 0.15) is 13.8 Å². The second kappa shape index (κ2) is 7.51. The minimum Gasteiger partial charge on any atom is -0.392 e. The van der Waals surface area contributed by atoms with Crippen LogP contribution in [0.15, 0.2) is 12.7 Å². The summed E-state index contributed by atoms with van der Waals surface area (Å²) >= 11 is 0. The lowest BCUT2D eigenvalue weighted by Gasteiger charge is -2.40. The molecule has 0 unspecified atom stereocenters. The number of aliphatic hydroxyl groups excluding tert-OH is 1. The molecule has 0 aliphatic carbocycles. The molecule has 0 saturated carbocycles. The predicted molar refractivity (Wildman–Crippen MR) is 72.4 cm³/mol. The van der Waals surface area contributed by atoms with E-state index in [1.165, 1.54) is 0 Å². The van der Waals surface area contributed by atoms with Gasteiger partial charge in [-0.1, -0.05) is 6.08 Å². The molecule has 0 radical (unpaired) electrons. The van der Waals surface area contributed by atoms with Crippen molar-refractivity contribution >= 4 is 5.91 Å². The first-order valence-corrected chi connectivity index (χ1v) is 6.55. The van der Waals surface area contributed by atoms with Crippen molar-refractivity contribution in [3.63, 3.8) is 0 Å². The average molecular weight is 255 g/mol. The molecule has 1 rings (SSSR count). The fourth-order valence-electron chi connectivity index (χ4n) is 2.27. The highest BCUT2D eigenvalue weighted by atomic mass is 16.3. The second-order valence-corrected chi connectivity index (χ2v) is 5.02. The lowest BCUT2D eigenvalue weighted by molar-refractivity contribution is -0.122. The summed E-state index contributed by atoms with van der Waals surface area (Å²) in [5.74, 6) is 0.0473. The molecule has 0 aromatic heterocycles. The van der Waals surface area contributed by atoms with Gasteiger partial charge in [-0.25, -0.2) is 0 Å². The van der Waals surface area contributed by atoms with E-state index in [0.29, 0.717) is 25.7 Å². The highest BCUT2D eigenvalue weighted by Gasteiger charge is 2.25. The van der Waals surface area contributed by atoms with Crippen LogP contribution in [0.25, 0.3) is 0 Å². The first kappa shape index (κ1) is 15.1. The summed E-state index contributed by atoms with van der Waals surface area (Å²) in [6, 6.07) is 0.376. The number of hydrogen-bond acceptors (Lipinski definition) is 4. The largest absolute Gasteiger partial charge is 0.392 e. The molecule has 5 heteroatoms. The van der Waals surface area contributed by atoms with Crippen LogP contribution in [0.4, 0.5) is 0 Å². The molecular weight excluding hydrogens is 230 g/mol. The van der Waals surface area contributed by atoms with Crippen LogP contribution < -0.4 is 5.32 Å². The molecule has 2 N–H and O–H groups in total. The molecule has 0 aromatic rings.